The molecule has 0 amide bonds. The first kappa shape index (κ1) is 22.7. The first-order valence-electron chi connectivity index (χ1n) is 7.76. The third kappa shape index (κ3) is 5.33. The van der Waals surface area contributed by atoms with Crippen LogP contribution in [0.5, 0.6) is 0 Å². The van der Waals surface area contributed by atoms with E-state index in [1.807, 2.05) is 32.9 Å². The Morgan fingerprint density at radius 1 is 0.920 bits per heavy atom. The summed E-state index contributed by atoms with van der Waals surface area (Å²) in [6.45, 7) is 7.23. The molecule has 0 aromatic carbocycles. The van der Waals surface area contributed by atoms with E-state index in [0.29, 0.717) is 41.3 Å². The van der Waals surface area contributed by atoms with Crippen LogP contribution in [-0.4, -0.2) is 38.6 Å². The van der Waals surface area contributed by atoms with Crippen molar-refractivity contribution in [1.29, 1.82) is 0 Å². The number of hydrogen-bond donors (Lipinski definition) is 0. The fourth-order valence-corrected chi connectivity index (χ4v) is 5.01. The van der Waals surface area contributed by atoms with Crippen LogP contribution < -0.4 is 5.19 Å². The van der Waals surface area contributed by atoms with Gasteiger partial charge in [0.25, 0.3) is 0 Å². The molecule has 0 radical (unpaired) electrons. The van der Waals surface area contributed by atoms with Crippen molar-refractivity contribution >= 4 is 37.2 Å². The molecular formula is C16H20Cl2N2O3PtSi. The summed E-state index contributed by atoms with van der Waals surface area (Å²) in [6, 6.07) is 5.34. The summed E-state index contributed by atoms with van der Waals surface area (Å²) in [6.07, 6.45) is 3.29. The molecule has 25 heavy (non-hydrogen) atoms. The van der Waals surface area contributed by atoms with Gasteiger partial charge in [0.2, 0.25) is 0 Å². The maximum Gasteiger partial charge on any atom is 0.538 e. The van der Waals surface area contributed by atoms with Crippen molar-refractivity contribution in [3.05, 3.63) is 40.6 Å². The molecule has 2 aromatic rings. The largest absolute Gasteiger partial charge is 0.538 e. The molecule has 0 aliphatic rings. The van der Waals surface area contributed by atoms with Crippen LogP contribution in [0.2, 0.25) is 10.0 Å². The zero-order valence-corrected chi connectivity index (χ0v) is 19.0. The Morgan fingerprint density at radius 2 is 1.52 bits per heavy atom. The SMILES string of the molecule is CCO[Si](OCC)(OCC)c1ccc(-c2nccc(Cl)c2Cl)nc1.[Pt]. The Morgan fingerprint density at radius 3 is 2.00 bits per heavy atom. The van der Waals surface area contributed by atoms with E-state index in [2.05, 4.69) is 9.97 Å². The van der Waals surface area contributed by atoms with E-state index in [0.717, 1.165) is 5.19 Å². The van der Waals surface area contributed by atoms with Gasteiger partial charge in [-0.25, -0.2) is 0 Å². The fourth-order valence-electron chi connectivity index (χ4n) is 2.26. The Labute approximate surface area is 173 Å². The van der Waals surface area contributed by atoms with Crippen LogP contribution in [0.15, 0.2) is 30.6 Å². The maximum absolute atomic E-state index is 6.21. The van der Waals surface area contributed by atoms with Crippen molar-refractivity contribution < 1.29 is 34.3 Å². The maximum atomic E-state index is 6.21. The summed E-state index contributed by atoms with van der Waals surface area (Å²) in [7, 11) is -2.96. The average Bonchev–Trinajstić information content (AvgIpc) is 2.58. The van der Waals surface area contributed by atoms with Gasteiger partial charge >= 0.3 is 8.80 Å². The topological polar surface area (TPSA) is 53.5 Å². The van der Waals surface area contributed by atoms with Crippen LogP contribution in [0.4, 0.5) is 0 Å². The predicted octanol–water partition coefficient (Wildman–Crippen LogP) is 3.70. The third-order valence-corrected chi connectivity index (χ3v) is 7.01. The van der Waals surface area contributed by atoms with Gasteiger partial charge < -0.3 is 13.3 Å². The van der Waals surface area contributed by atoms with E-state index in [9.17, 15) is 0 Å². The zero-order valence-electron chi connectivity index (χ0n) is 14.2. The number of nitrogens with zero attached hydrogens (tertiary/aromatic N) is 2. The number of hydrogen-bond acceptors (Lipinski definition) is 5. The number of rotatable bonds is 8. The molecule has 9 heteroatoms. The average molecular weight is 582 g/mol. The quantitative estimate of drug-likeness (QED) is 0.445. The van der Waals surface area contributed by atoms with E-state index in [-0.39, 0.29) is 21.1 Å². The van der Waals surface area contributed by atoms with Crippen molar-refractivity contribution in [2.45, 2.75) is 20.8 Å². The monoisotopic (exact) mass is 581 g/mol. The van der Waals surface area contributed by atoms with Gasteiger partial charge in [-0.1, -0.05) is 29.3 Å². The number of aromatic nitrogens is 2. The van der Waals surface area contributed by atoms with Crippen LogP contribution in [0.25, 0.3) is 11.4 Å². The minimum absolute atomic E-state index is 0. The minimum atomic E-state index is -2.96. The molecule has 2 aromatic heterocycles. The predicted molar refractivity (Wildman–Crippen MR) is 97.8 cm³/mol. The summed E-state index contributed by atoms with van der Waals surface area (Å²) in [5, 5.41) is 1.62. The number of pyridine rings is 2. The summed E-state index contributed by atoms with van der Waals surface area (Å²) in [4.78, 5) is 8.70. The fraction of sp³-hybridized carbons (Fsp3) is 0.375. The molecule has 0 aliphatic heterocycles. The van der Waals surface area contributed by atoms with Gasteiger partial charge in [0.05, 0.1) is 15.7 Å². The van der Waals surface area contributed by atoms with Gasteiger partial charge in [0.15, 0.2) is 0 Å². The van der Waals surface area contributed by atoms with Crippen LogP contribution in [0.1, 0.15) is 20.8 Å². The van der Waals surface area contributed by atoms with E-state index >= 15 is 0 Å². The first-order chi connectivity index (χ1) is 11.6. The molecule has 0 N–H and O–H groups in total. The second-order valence-electron chi connectivity index (χ2n) is 4.74. The van der Waals surface area contributed by atoms with Gasteiger partial charge in [0.1, 0.15) is 5.69 Å². The molecule has 5 nitrogen and oxygen atoms in total. The number of halogens is 2. The molecule has 0 bridgehead atoms. The summed E-state index contributed by atoms with van der Waals surface area (Å²) in [5.41, 5.74) is 1.16. The van der Waals surface area contributed by atoms with Gasteiger partial charge in [-0.15, -0.1) is 0 Å². The van der Waals surface area contributed by atoms with Crippen molar-refractivity contribution in [2.24, 2.45) is 0 Å². The Hall–Kier alpha value is -0.335. The molecule has 0 aliphatic carbocycles. The van der Waals surface area contributed by atoms with E-state index < -0.39 is 8.80 Å². The first-order valence-corrected chi connectivity index (χ1v) is 10.2. The van der Waals surface area contributed by atoms with Crippen LogP contribution in [0, 0.1) is 0 Å². The van der Waals surface area contributed by atoms with Crippen LogP contribution >= 0.6 is 23.2 Å². The molecule has 2 rings (SSSR count). The summed E-state index contributed by atoms with van der Waals surface area (Å²) < 4.78 is 17.6. The minimum Gasteiger partial charge on any atom is -0.370 e. The van der Waals surface area contributed by atoms with E-state index in [4.69, 9.17) is 36.5 Å². The van der Waals surface area contributed by atoms with Gasteiger partial charge in [-0.05, 0) is 32.9 Å². The molecule has 0 spiro atoms. The molecule has 0 saturated carbocycles. The summed E-state index contributed by atoms with van der Waals surface area (Å²) in [5.74, 6) is 0. The normalized spacial score (nSPS) is 11.2. The Kier molecular flexibility index (Phi) is 9.74. The zero-order chi connectivity index (χ0) is 17.6. The molecule has 0 fully saturated rings. The summed E-state index contributed by atoms with van der Waals surface area (Å²) >= 11 is 12.2. The molecule has 0 atom stereocenters. The molecule has 0 unspecified atom stereocenters. The van der Waals surface area contributed by atoms with Crippen molar-refractivity contribution in [3.63, 3.8) is 0 Å². The van der Waals surface area contributed by atoms with E-state index in [1.54, 1.807) is 18.5 Å². The Balaban J connectivity index is 0.00000312. The van der Waals surface area contributed by atoms with Gasteiger partial charge in [-0.3, -0.25) is 9.97 Å². The molecular weight excluding hydrogens is 562 g/mol. The third-order valence-electron chi connectivity index (χ3n) is 3.20. The van der Waals surface area contributed by atoms with Crippen molar-refractivity contribution in [3.8, 4) is 11.4 Å². The van der Waals surface area contributed by atoms with Gasteiger partial charge in [-0.2, -0.15) is 0 Å². The van der Waals surface area contributed by atoms with E-state index in [1.165, 1.54) is 0 Å². The van der Waals surface area contributed by atoms with Crippen LogP contribution in [0.3, 0.4) is 0 Å². The smallest absolute Gasteiger partial charge is 0.370 e. The molecule has 2 heterocycles. The van der Waals surface area contributed by atoms with Crippen molar-refractivity contribution in [1.82, 2.24) is 9.97 Å². The Bertz CT molecular complexity index is 660. The molecule has 0 saturated heterocycles. The van der Waals surface area contributed by atoms with Crippen LogP contribution in [-0.2, 0) is 34.3 Å². The van der Waals surface area contributed by atoms with Crippen molar-refractivity contribution in [2.75, 3.05) is 19.8 Å². The molecule has 140 valence electrons. The second kappa shape index (κ2) is 10.7. The van der Waals surface area contributed by atoms with Gasteiger partial charge in [0, 0.05) is 58.5 Å². The second-order valence-corrected chi connectivity index (χ2v) is 8.08. The standard InChI is InChI=1S/C16H20Cl2N2O3Si.Pt/c1-4-21-24(22-5-2,23-6-3)12-7-8-14(20-11-12)16-15(18)13(17)9-10-19-16;/h7-11H,4-6H2,1-3H3;.